The van der Waals surface area contributed by atoms with Crippen LogP contribution >= 0.6 is 0 Å². The summed E-state index contributed by atoms with van der Waals surface area (Å²) in [4.78, 5) is 20.8. The highest BCUT2D eigenvalue weighted by Gasteiger charge is 2.16. The summed E-state index contributed by atoms with van der Waals surface area (Å²) in [5.41, 5.74) is 0.351. The molecule has 1 amide bonds. The first-order valence-electron chi connectivity index (χ1n) is 9.88. The third kappa shape index (κ3) is 6.11. The Hall–Kier alpha value is -2.83. The van der Waals surface area contributed by atoms with Crippen molar-refractivity contribution in [1.82, 2.24) is 15.3 Å². The summed E-state index contributed by atoms with van der Waals surface area (Å²) in [6.07, 6.45) is 10.1. The number of aromatic nitrogens is 2. The standard InChI is InChI=1S/C21H28N4O3/c1-27-17-8-10-18(11-9-17)28-13-12-22-20-15-23-19(14-24-20)21(26)25-16-6-4-2-3-5-7-16/h8-11,14-16H,2-7,12-13H2,1H3,(H,22,24)(H,25,26). The molecule has 1 heterocycles. The smallest absolute Gasteiger partial charge is 0.271 e. The predicted molar refractivity (Wildman–Crippen MR) is 108 cm³/mol. The van der Waals surface area contributed by atoms with Crippen molar-refractivity contribution in [3.63, 3.8) is 0 Å². The second kappa shape index (κ2) is 10.5. The van der Waals surface area contributed by atoms with Crippen LogP contribution in [0.1, 0.15) is 49.0 Å². The summed E-state index contributed by atoms with van der Waals surface area (Å²) in [5.74, 6) is 2.04. The second-order valence-corrected chi connectivity index (χ2v) is 6.90. The molecule has 0 atom stereocenters. The largest absolute Gasteiger partial charge is 0.497 e. The zero-order chi connectivity index (χ0) is 19.6. The lowest BCUT2D eigenvalue weighted by molar-refractivity contribution is 0.0928. The Kier molecular flexibility index (Phi) is 7.46. The number of amides is 1. The van der Waals surface area contributed by atoms with E-state index in [0.29, 0.717) is 24.7 Å². The van der Waals surface area contributed by atoms with E-state index in [0.717, 1.165) is 24.3 Å². The molecule has 1 aromatic carbocycles. The molecule has 1 aliphatic carbocycles. The van der Waals surface area contributed by atoms with Crippen LogP contribution in [0.25, 0.3) is 0 Å². The number of nitrogens with one attached hydrogen (secondary N) is 2. The van der Waals surface area contributed by atoms with Crippen LogP contribution in [0.3, 0.4) is 0 Å². The average Bonchev–Trinajstić information content (AvgIpc) is 3.01. The fourth-order valence-electron chi connectivity index (χ4n) is 3.24. The van der Waals surface area contributed by atoms with Crippen LogP contribution in [-0.2, 0) is 0 Å². The molecular weight excluding hydrogens is 356 g/mol. The Morgan fingerprint density at radius 1 is 1.04 bits per heavy atom. The number of benzene rings is 1. The van der Waals surface area contributed by atoms with E-state index in [1.165, 1.54) is 31.9 Å². The molecule has 0 spiro atoms. The quantitative estimate of drug-likeness (QED) is 0.536. The molecule has 1 fully saturated rings. The van der Waals surface area contributed by atoms with Crippen LogP contribution in [0.2, 0.25) is 0 Å². The fourth-order valence-corrected chi connectivity index (χ4v) is 3.24. The maximum Gasteiger partial charge on any atom is 0.271 e. The van der Waals surface area contributed by atoms with Crippen molar-refractivity contribution in [1.29, 1.82) is 0 Å². The topological polar surface area (TPSA) is 85.4 Å². The van der Waals surface area contributed by atoms with Gasteiger partial charge in [-0.25, -0.2) is 9.97 Å². The average molecular weight is 384 g/mol. The zero-order valence-corrected chi connectivity index (χ0v) is 16.3. The molecule has 0 bridgehead atoms. The number of methoxy groups -OCH3 is 1. The van der Waals surface area contributed by atoms with Gasteiger partial charge >= 0.3 is 0 Å². The maximum absolute atomic E-state index is 12.3. The van der Waals surface area contributed by atoms with Gasteiger partial charge in [0, 0.05) is 6.04 Å². The molecule has 0 radical (unpaired) electrons. The SMILES string of the molecule is COc1ccc(OCCNc2cnc(C(=O)NC3CCCCCC3)cn2)cc1. The second-order valence-electron chi connectivity index (χ2n) is 6.90. The van der Waals surface area contributed by atoms with E-state index >= 15 is 0 Å². The van der Waals surface area contributed by atoms with Gasteiger partial charge in [-0.1, -0.05) is 25.7 Å². The van der Waals surface area contributed by atoms with Gasteiger partial charge in [0.25, 0.3) is 5.91 Å². The molecule has 0 aliphatic heterocycles. The summed E-state index contributed by atoms with van der Waals surface area (Å²) < 4.78 is 10.8. The number of hydrogen-bond donors (Lipinski definition) is 2. The molecule has 1 saturated carbocycles. The molecular formula is C21H28N4O3. The Morgan fingerprint density at radius 2 is 1.75 bits per heavy atom. The molecule has 2 N–H and O–H groups in total. The molecule has 28 heavy (non-hydrogen) atoms. The summed E-state index contributed by atoms with van der Waals surface area (Å²) >= 11 is 0. The van der Waals surface area contributed by atoms with Crippen LogP contribution < -0.4 is 20.1 Å². The van der Waals surface area contributed by atoms with E-state index in [2.05, 4.69) is 20.6 Å². The van der Waals surface area contributed by atoms with Gasteiger partial charge < -0.3 is 20.1 Å². The van der Waals surface area contributed by atoms with Crippen molar-refractivity contribution in [2.75, 3.05) is 25.6 Å². The first-order valence-corrected chi connectivity index (χ1v) is 9.88. The van der Waals surface area contributed by atoms with E-state index in [4.69, 9.17) is 9.47 Å². The van der Waals surface area contributed by atoms with Gasteiger partial charge in [0.2, 0.25) is 0 Å². The highest BCUT2D eigenvalue weighted by Crippen LogP contribution is 2.18. The van der Waals surface area contributed by atoms with Crippen LogP contribution in [0.15, 0.2) is 36.7 Å². The molecule has 0 unspecified atom stereocenters. The van der Waals surface area contributed by atoms with E-state index in [9.17, 15) is 4.79 Å². The lowest BCUT2D eigenvalue weighted by atomic mass is 10.1. The first-order chi connectivity index (χ1) is 13.7. The number of rotatable bonds is 8. The van der Waals surface area contributed by atoms with Crippen molar-refractivity contribution in [3.05, 3.63) is 42.4 Å². The van der Waals surface area contributed by atoms with E-state index in [1.807, 2.05) is 24.3 Å². The minimum Gasteiger partial charge on any atom is -0.497 e. The molecule has 1 aliphatic rings. The Labute approximate surface area is 165 Å². The predicted octanol–water partition coefficient (Wildman–Crippen LogP) is 3.43. The number of carbonyl (C=O) groups excluding carboxylic acids is 1. The van der Waals surface area contributed by atoms with Crippen molar-refractivity contribution >= 4 is 11.7 Å². The summed E-state index contributed by atoms with van der Waals surface area (Å²) in [6.45, 7) is 1.06. The summed E-state index contributed by atoms with van der Waals surface area (Å²) in [5, 5.41) is 6.22. The molecule has 2 aromatic rings. The fraction of sp³-hybridized carbons (Fsp3) is 0.476. The molecule has 1 aromatic heterocycles. The van der Waals surface area contributed by atoms with Crippen molar-refractivity contribution in [3.8, 4) is 11.5 Å². The number of nitrogens with zero attached hydrogens (tertiary/aromatic N) is 2. The molecule has 150 valence electrons. The minimum absolute atomic E-state index is 0.145. The molecule has 7 heteroatoms. The zero-order valence-electron chi connectivity index (χ0n) is 16.3. The van der Waals surface area contributed by atoms with Crippen LogP contribution in [0.5, 0.6) is 11.5 Å². The molecule has 3 rings (SSSR count). The molecule has 0 saturated heterocycles. The maximum atomic E-state index is 12.3. The Morgan fingerprint density at radius 3 is 2.39 bits per heavy atom. The van der Waals surface area contributed by atoms with Gasteiger partial charge in [0.15, 0.2) is 0 Å². The number of ether oxygens (including phenoxy) is 2. The lowest BCUT2D eigenvalue weighted by Crippen LogP contribution is -2.35. The van der Waals surface area contributed by atoms with E-state index in [1.54, 1.807) is 13.3 Å². The van der Waals surface area contributed by atoms with Crippen molar-refractivity contribution in [2.24, 2.45) is 0 Å². The number of anilines is 1. The number of carbonyl (C=O) groups is 1. The van der Waals surface area contributed by atoms with Gasteiger partial charge in [0.1, 0.15) is 29.6 Å². The third-order valence-corrected chi connectivity index (χ3v) is 4.81. The summed E-state index contributed by atoms with van der Waals surface area (Å²) in [6, 6.07) is 7.69. The molecule has 7 nitrogen and oxygen atoms in total. The highest BCUT2D eigenvalue weighted by atomic mass is 16.5. The first kappa shape index (κ1) is 19.9. The van der Waals surface area contributed by atoms with Crippen LogP contribution in [-0.4, -0.2) is 42.2 Å². The Bertz CT molecular complexity index is 726. The van der Waals surface area contributed by atoms with Gasteiger partial charge in [-0.15, -0.1) is 0 Å². The van der Waals surface area contributed by atoms with Crippen LogP contribution in [0, 0.1) is 0 Å². The summed E-state index contributed by atoms with van der Waals surface area (Å²) in [7, 11) is 1.63. The van der Waals surface area contributed by atoms with Crippen molar-refractivity contribution in [2.45, 2.75) is 44.6 Å². The number of hydrogen-bond acceptors (Lipinski definition) is 6. The Balaban J connectivity index is 1.40. The van der Waals surface area contributed by atoms with Gasteiger partial charge in [-0.3, -0.25) is 4.79 Å². The normalized spacial score (nSPS) is 14.8. The van der Waals surface area contributed by atoms with E-state index < -0.39 is 0 Å². The van der Waals surface area contributed by atoms with Gasteiger partial charge in [-0.2, -0.15) is 0 Å². The van der Waals surface area contributed by atoms with Gasteiger partial charge in [0.05, 0.1) is 26.0 Å². The monoisotopic (exact) mass is 384 g/mol. The van der Waals surface area contributed by atoms with Crippen LogP contribution in [0.4, 0.5) is 5.82 Å². The van der Waals surface area contributed by atoms with Crippen molar-refractivity contribution < 1.29 is 14.3 Å². The van der Waals surface area contributed by atoms with E-state index in [-0.39, 0.29) is 11.9 Å². The highest BCUT2D eigenvalue weighted by molar-refractivity contribution is 5.92. The third-order valence-electron chi connectivity index (χ3n) is 4.81. The lowest BCUT2D eigenvalue weighted by Gasteiger charge is -2.15. The van der Waals surface area contributed by atoms with Gasteiger partial charge in [-0.05, 0) is 37.1 Å². The minimum atomic E-state index is -0.145.